The highest BCUT2D eigenvalue weighted by molar-refractivity contribution is 5.92. The molecule has 3 rings (SSSR count). The Morgan fingerprint density at radius 3 is 2.61 bits per heavy atom. The molecule has 5 heteroatoms. The first-order chi connectivity index (χ1) is 11.2. The molecule has 0 aliphatic rings. The molecular weight excluding hydrogens is 288 g/mol. The van der Waals surface area contributed by atoms with Crippen LogP contribution < -0.4 is 5.32 Å². The van der Waals surface area contributed by atoms with Crippen LogP contribution in [-0.4, -0.2) is 21.1 Å². The van der Waals surface area contributed by atoms with E-state index in [2.05, 4.69) is 20.5 Å². The van der Waals surface area contributed by atoms with Crippen molar-refractivity contribution in [2.75, 3.05) is 5.32 Å². The van der Waals surface area contributed by atoms with Gasteiger partial charge in [-0.15, -0.1) is 0 Å². The van der Waals surface area contributed by atoms with Crippen molar-refractivity contribution in [2.45, 2.75) is 19.8 Å². The van der Waals surface area contributed by atoms with E-state index in [1.165, 1.54) is 0 Å². The van der Waals surface area contributed by atoms with Crippen LogP contribution >= 0.6 is 0 Å². The zero-order valence-electron chi connectivity index (χ0n) is 12.9. The van der Waals surface area contributed by atoms with Gasteiger partial charge in [0.25, 0.3) is 0 Å². The highest BCUT2D eigenvalue weighted by atomic mass is 16.1. The molecule has 0 radical (unpaired) electrons. The van der Waals surface area contributed by atoms with E-state index in [1.807, 2.05) is 61.5 Å². The van der Waals surface area contributed by atoms with Crippen molar-refractivity contribution >= 4 is 11.6 Å². The molecule has 1 heterocycles. The standard InChI is InChI=1S/C18H18N4O/c1-13-7-5-6-10-15(13)19-18(23)12-17-20-16(21-22-17)11-14-8-3-2-4-9-14/h2-10H,11-12H2,1H3,(H,19,23)(H,20,21,22). The quantitative estimate of drug-likeness (QED) is 0.761. The summed E-state index contributed by atoms with van der Waals surface area (Å²) in [5.74, 6) is 1.14. The zero-order valence-corrected chi connectivity index (χ0v) is 12.9. The third-order valence-corrected chi connectivity index (χ3v) is 3.53. The lowest BCUT2D eigenvalue weighted by atomic mass is 10.1. The number of rotatable bonds is 5. The fraction of sp³-hybridized carbons (Fsp3) is 0.167. The Bertz CT molecular complexity index is 796. The van der Waals surface area contributed by atoms with E-state index in [9.17, 15) is 4.79 Å². The molecule has 0 bridgehead atoms. The Balaban J connectivity index is 1.60. The van der Waals surface area contributed by atoms with Crippen molar-refractivity contribution in [3.05, 3.63) is 77.4 Å². The first-order valence-electron chi connectivity index (χ1n) is 7.50. The van der Waals surface area contributed by atoms with Gasteiger partial charge in [0.15, 0.2) is 5.82 Å². The molecule has 0 saturated heterocycles. The highest BCUT2D eigenvalue weighted by Gasteiger charge is 2.10. The Kier molecular flexibility index (Phi) is 4.47. The average molecular weight is 306 g/mol. The van der Waals surface area contributed by atoms with Crippen molar-refractivity contribution in [1.29, 1.82) is 0 Å². The van der Waals surface area contributed by atoms with Crippen LogP contribution in [-0.2, 0) is 17.6 Å². The lowest BCUT2D eigenvalue weighted by Crippen LogP contribution is -2.16. The maximum atomic E-state index is 12.1. The number of nitrogens with one attached hydrogen (secondary N) is 2. The number of H-pyrrole nitrogens is 1. The van der Waals surface area contributed by atoms with Crippen LogP contribution in [0, 0.1) is 6.92 Å². The molecule has 3 aromatic rings. The summed E-state index contributed by atoms with van der Waals surface area (Å²) in [6.07, 6.45) is 0.826. The summed E-state index contributed by atoms with van der Waals surface area (Å²) in [6, 6.07) is 17.7. The highest BCUT2D eigenvalue weighted by Crippen LogP contribution is 2.13. The van der Waals surface area contributed by atoms with Gasteiger partial charge >= 0.3 is 0 Å². The molecule has 0 spiro atoms. The van der Waals surface area contributed by atoms with Crippen LogP contribution in [0.1, 0.15) is 22.8 Å². The predicted molar refractivity (Wildman–Crippen MR) is 89.1 cm³/mol. The Hall–Kier alpha value is -2.95. The summed E-state index contributed by atoms with van der Waals surface area (Å²) >= 11 is 0. The third-order valence-electron chi connectivity index (χ3n) is 3.53. The summed E-state index contributed by atoms with van der Waals surface area (Å²) in [4.78, 5) is 16.5. The first-order valence-corrected chi connectivity index (χ1v) is 7.50. The molecule has 0 aliphatic heterocycles. The largest absolute Gasteiger partial charge is 0.325 e. The summed E-state index contributed by atoms with van der Waals surface area (Å²) in [7, 11) is 0. The maximum Gasteiger partial charge on any atom is 0.232 e. The first kappa shape index (κ1) is 15.0. The van der Waals surface area contributed by atoms with E-state index in [-0.39, 0.29) is 12.3 Å². The number of carbonyl (C=O) groups is 1. The predicted octanol–water partition coefficient (Wildman–Crippen LogP) is 2.89. The maximum absolute atomic E-state index is 12.1. The SMILES string of the molecule is Cc1ccccc1NC(=O)Cc1n[nH]c(Cc2ccccc2)n1. The molecule has 0 atom stereocenters. The smallest absolute Gasteiger partial charge is 0.232 e. The monoisotopic (exact) mass is 306 g/mol. The Morgan fingerprint density at radius 2 is 1.83 bits per heavy atom. The van der Waals surface area contributed by atoms with Crippen LogP contribution in [0.15, 0.2) is 54.6 Å². The minimum absolute atomic E-state index is 0.121. The molecule has 2 N–H and O–H groups in total. The fourth-order valence-electron chi connectivity index (χ4n) is 2.33. The number of aromatic amines is 1. The van der Waals surface area contributed by atoms with Crippen molar-refractivity contribution in [2.24, 2.45) is 0 Å². The van der Waals surface area contributed by atoms with E-state index >= 15 is 0 Å². The van der Waals surface area contributed by atoms with Crippen molar-refractivity contribution in [1.82, 2.24) is 15.2 Å². The number of anilines is 1. The van der Waals surface area contributed by atoms with Crippen LogP contribution in [0.25, 0.3) is 0 Å². The number of hydrogen-bond donors (Lipinski definition) is 2. The summed E-state index contributed by atoms with van der Waals surface area (Å²) in [6.45, 7) is 1.96. The topological polar surface area (TPSA) is 70.7 Å². The molecule has 5 nitrogen and oxygen atoms in total. The minimum atomic E-state index is -0.121. The number of benzene rings is 2. The van der Waals surface area contributed by atoms with E-state index in [0.717, 1.165) is 22.6 Å². The fourth-order valence-corrected chi connectivity index (χ4v) is 2.33. The summed E-state index contributed by atoms with van der Waals surface area (Å²) in [5.41, 5.74) is 3.00. The molecule has 1 aromatic heterocycles. The van der Waals surface area contributed by atoms with Crippen LogP contribution in [0.2, 0.25) is 0 Å². The molecular formula is C18H18N4O. The molecule has 23 heavy (non-hydrogen) atoms. The Labute approximate surface area is 134 Å². The Morgan fingerprint density at radius 1 is 1.09 bits per heavy atom. The molecule has 0 aliphatic carbocycles. The van der Waals surface area contributed by atoms with Gasteiger partial charge in [-0.3, -0.25) is 9.89 Å². The number of para-hydroxylation sites is 1. The molecule has 116 valence electrons. The van der Waals surface area contributed by atoms with Gasteiger partial charge in [-0.1, -0.05) is 48.5 Å². The van der Waals surface area contributed by atoms with E-state index in [0.29, 0.717) is 12.2 Å². The number of amides is 1. The van der Waals surface area contributed by atoms with E-state index < -0.39 is 0 Å². The van der Waals surface area contributed by atoms with Gasteiger partial charge in [0, 0.05) is 12.1 Å². The van der Waals surface area contributed by atoms with Crippen LogP contribution in [0.5, 0.6) is 0 Å². The van der Waals surface area contributed by atoms with Gasteiger partial charge in [0.2, 0.25) is 5.91 Å². The molecule has 1 amide bonds. The van der Waals surface area contributed by atoms with Gasteiger partial charge in [-0.05, 0) is 24.1 Å². The molecule has 0 saturated carbocycles. The number of aromatic nitrogens is 3. The van der Waals surface area contributed by atoms with Gasteiger partial charge < -0.3 is 5.32 Å². The van der Waals surface area contributed by atoms with Gasteiger partial charge in [-0.2, -0.15) is 5.10 Å². The summed E-state index contributed by atoms with van der Waals surface area (Å²) in [5, 5.41) is 9.90. The number of nitrogens with zero attached hydrogens (tertiary/aromatic N) is 2. The number of hydrogen-bond acceptors (Lipinski definition) is 3. The molecule has 0 fully saturated rings. The van der Waals surface area contributed by atoms with Gasteiger partial charge in [0.05, 0.1) is 6.42 Å². The van der Waals surface area contributed by atoms with Crippen LogP contribution in [0.3, 0.4) is 0 Å². The van der Waals surface area contributed by atoms with Crippen molar-refractivity contribution < 1.29 is 4.79 Å². The lowest BCUT2D eigenvalue weighted by molar-refractivity contribution is -0.115. The second-order valence-corrected chi connectivity index (χ2v) is 5.40. The normalized spacial score (nSPS) is 10.5. The van der Waals surface area contributed by atoms with E-state index in [4.69, 9.17) is 0 Å². The lowest BCUT2D eigenvalue weighted by Gasteiger charge is -2.06. The third kappa shape index (κ3) is 4.03. The number of carbonyl (C=O) groups excluding carboxylic acids is 1. The zero-order chi connectivity index (χ0) is 16.1. The van der Waals surface area contributed by atoms with Gasteiger partial charge in [0.1, 0.15) is 5.82 Å². The second-order valence-electron chi connectivity index (χ2n) is 5.40. The molecule has 0 unspecified atom stereocenters. The van der Waals surface area contributed by atoms with Crippen molar-refractivity contribution in [3.8, 4) is 0 Å². The number of aryl methyl sites for hydroxylation is 1. The van der Waals surface area contributed by atoms with Crippen LogP contribution in [0.4, 0.5) is 5.69 Å². The minimum Gasteiger partial charge on any atom is -0.325 e. The van der Waals surface area contributed by atoms with E-state index in [1.54, 1.807) is 0 Å². The molecule has 2 aromatic carbocycles. The summed E-state index contributed by atoms with van der Waals surface area (Å²) < 4.78 is 0. The van der Waals surface area contributed by atoms with Crippen molar-refractivity contribution in [3.63, 3.8) is 0 Å². The second kappa shape index (κ2) is 6.87. The average Bonchev–Trinajstić information content (AvgIpc) is 2.97. The van der Waals surface area contributed by atoms with Gasteiger partial charge in [-0.25, -0.2) is 4.98 Å².